The van der Waals surface area contributed by atoms with E-state index in [1.54, 1.807) is 30.3 Å². The van der Waals surface area contributed by atoms with Crippen molar-refractivity contribution in [1.82, 2.24) is 14.7 Å². The average molecular weight is 506 g/mol. The zero-order valence-corrected chi connectivity index (χ0v) is 20.1. The lowest BCUT2D eigenvalue weighted by Gasteiger charge is -2.53. The molecule has 3 aliphatic rings. The lowest BCUT2D eigenvalue weighted by atomic mass is 9.97. The Kier molecular flexibility index (Phi) is 5.79. The van der Waals surface area contributed by atoms with Crippen molar-refractivity contribution in [1.29, 1.82) is 0 Å². The van der Waals surface area contributed by atoms with Gasteiger partial charge >= 0.3 is 6.18 Å². The molecular weight excluding hydrogens is 479 g/mol. The van der Waals surface area contributed by atoms with E-state index in [-0.39, 0.29) is 17.9 Å². The maximum atomic E-state index is 13.0. The van der Waals surface area contributed by atoms with Crippen LogP contribution >= 0.6 is 0 Å². The summed E-state index contributed by atoms with van der Waals surface area (Å²) >= 11 is 0. The average Bonchev–Trinajstić information content (AvgIpc) is 3.15. The lowest BCUT2D eigenvalue weighted by molar-refractivity contribution is -0.137. The fourth-order valence-corrected chi connectivity index (χ4v) is 5.45. The van der Waals surface area contributed by atoms with Gasteiger partial charge < -0.3 is 9.80 Å². The van der Waals surface area contributed by atoms with E-state index in [1.807, 2.05) is 34.1 Å². The quantitative estimate of drug-likeness (QED) is 0.515. The molecule has 0 N–H and O–H groups in total. The van der Waals surface area contributed by atoms with Crippen LogP contribution in [0.3, 0.4) is 0 Å². The fraction of sp³-hybridized carbons (Fsp3) is 0.310. The molecule has 2 fully saturated rings. The molecule has 0 saturated carbocycles. The number of alkyl halides is 3. The molecule has 0 aliphatic carbocycles. The molecule has 0 aromatic heterocycles. The van der Waals surface area contributed by atoms with Crippen molar-refractivity contribution in [2.75, 3.05) is 26.2 Å². The number of benzene rings is 3. The Bertz CT molecular complexity index is 1340. The predicted molar refractivity (Wildman–Crippen MR) is 132 cm³/mol. The minimum atomic E-state index is -4.37. The van der Waals surface area contributed by atoms with Gasteiger partial charge in [0.05, 0.1) is 11.6 Å². The zero-order chi connectivity index (χ0) is 25.7. The van der Waals surface area contributed by atoms with Gasteiger partial charge in [0, 0.05) is 49.9 Å². The lowest BCUT2D eigenvalue weighted by Crippen LogP contribution is -2.70. The van der Waals surface area contributed by atoms with Crippen molar-refractivity contribution < 1.29 is 22.8 Å². The number of carbonyl (C=O) groups excluding carboxylic acids is 2. The van der Waals surface area contributed by atoms with Gasteiger partial charge in [-0.1, -0.05) is 48.5 Å². The third-order valence-electron chi connectivity index (χ3n) is 7.71. The minimum Gasteiger partial charge on any atom is -0.335 e. The highest BCUT2D eigenvalue weighted by atomic mass is 19.4. The van der Waals surface area contributed by atoms with Crippen molar-refractivity contribution in [3.63, 3.8) is 0 Å². The maximum Gasteiger partial charge on any atom is 0.416 e. The van der Waals surface area contributed by atoms with Gasteiger partial charge in [0.15, 0.2) is 0 Å². The van der Waals surface area contributed by atoms with Crippen LogP contribution in [-0.2, 0) is 19.1 Å². The smallest absolute Gasteiger partial charge is 0.335 e. The van der Waals surface area contributed by atoms with Crippen molar-refractivity contribution in [3.8, 4) is 0 Å². The number of halogens is 3. The van der Waals surface area contributed by atoms with E-state index in [1.165, 1.54) is 6.07 Å². The first-order valence-corrected chi connectivity index (χ1v) is 12.4. The number of carbonyl (C=O) groups is 2. The van der Waals surface area contributed by atoms with Gasteiger partial charge in [-0.2, -0.15) is 13.2 Å². The summed E-state index contributed by atoms with van der Waals surface area (Å²) in [6.07, 6.45) is -4.00. The molecule has 3 heterocycles. The third-order valence-corrected chi connectivity index (χ3v) is 7.71. The van der Waals surface area contributed by atoms with Crippen molar-refractivity contribution in [2.24, 2.45) is 0 Å². The Morgan fingerprint density at radius 3 is 2.27 bits per heavy atom. The number of amides is 2. The normalized spacial score (nSPS) is 18.5. The molecule has 0 bridgehead atoms. The van der Waals surface area contributed by atoms with Crippen LogP contribution in [0.5, 0.6) is 0 Å². The first-order chi connectivity index (χ1) is 17.8. The molecule has 2 amide bonds. The van der Waals surface area contributed by atoms with Crippen LogP contribution in [0.1, 0.15) is 43.0 Å². The van der Waals surface area contributed by atoms with Gasteiger partial charge in [-0.3, -0.25) is 14.5 Å². The number of rotatable bonds is 5. The van der Waals surface area contributed by atoms with Crippen molar-refractivity contribution in [3.05, 3.63) is 106 Å². The van der Waals surface area contributed by atoms with Crippen molar-refractivity contribution >= 4 is 11.8 Å². The molecule has 8 heteroatoms. The van der Waals surface area contributed by atoms with E-state index in [4.69, 9.17) is 0 Å². The van der Waals surface area contributed by atoms with Gasteiger partial charge in [0.1, 0.15) is 0 Å². The summed E-state index contributed by atoms with van der Waals surface area (Å²) in [6, 6.07) is 20.7. The topological polar surface area (TPSA) is 43.9 Å². The van der Waals surface area contributed by atoms with Crippen LogP contribution in [0, 0.1) is 0 Å². The van der Waals surface area contributed by atoms with Gasteiger partial charge in [-0.25, -0.2) is 0 Å². The summed E-state index contributed by atoms with van der Waals surface area (Å²) in [4.78, 5) is 31.7. The zero-order valence-electron chi connectivity index (χ0n) is 20.1. The highest BCUT2D eigenvalue weighted by Crippen LogP contribution is 2.32. The van der Waals surface area contributed by atoms with Crippen LogP contribution in [0.4, 0.5) is 13.2 Å². The van der Waals surface area contributed by atoms with Gasteiger partial charge in [-0.05, 0) is 47.4 Å². The summed E-state index contributed by atoms with van der Waals surface area (Å²) in [5.41, 5.74) is 3.24. The molecule has 190 valence electrons. The van der Waals surface area contributed by atoms with Crippen LogP contribution in [0.2, 0.25) is 0 Å². The number of hydrogen-bond donors (Lipinski definition) is 0. The monoisotopic (exact) mass is 505 g/mol. The van der Waals surface area contributed by atoms with Crippen LogP contribution < -0.4 is 0 Å². The molecule has 0 radical (unpaired) electrons. The summed E-state index contributed by atoms with van der Waals surface area (Å²) in [5.74, 6) is 0.0753. The molecule has 3 aromatic rings. The summed E-state index contributed by atoms with van der Waals surface area (Å²) in [6.45, 7) is 3.65. The molecule has 3 aromatic carbocycles. The molecule has 0 spiro atoms. The molecule has 3 aliphatic heterocycles. The molecule has 37 heavy (non-hydrogen) atoms. The summed E-state index contributed by atoms with van der Waals surface area (Å²) < 4.78 is 38.9. The first kappa shape index (κ1) is 23.7. The second kappa shape index (κ2) is 9.03. The number of likely N-dealkylation sites (tertiary alicyclic amines) is 2. The number of fused-ring (bicyclic) bond motifs is 1. The second-order valence-corrected chi connectivity index (χ2v) is 10.1. The molecular formula is C29H26F3N3O2. The molecule has 0 unspecified atom stereocenters. The van der Waals surface area contributed by atoms with Gasteiger partial charge in [0.2, 0.25) is 0 Å². The van der Waals surface area contributed by atoms with Gasteiger partial charge in [-0.15, -0.1) is 0 Å². The standard InChI is InChI=1S/C29H26F3N3O2/c30-29(31,32)23-6-3-4-20(13-23)12-19-8-10-21(11-9-19)27(36)34-15-24(16-34)33-17-25(18-33)35-14-22-5-1-2-7-26(22)28(35)37/h1-11,13,24-25H,12,14-18H2. The van der Waals surface area contributed by atoms with E-state index >= 15 is 0 Å². The third kappa shape index (κ3) is 4.50. The van der Waals surface area contributed by atoms with Crippen LogP contribution in [0.15, 0.2) is 72.8 Å². The fourth-order valence-electron chi connectivity index (χ4n) is 5.45. The highest BCUT2D eigenvalue weighted by Gasteiger charge is 2.45. The number of hydrogen-bond acceptors (Lipinski definition) is 3. The van der Waals surface area contributed by atoms with Gasteiger partial charge in [0.25, 0.3) is 11.8 Å². The molecule has 2 saturated heterocycles. The largest absolute Gasteiger partial charge is 0.416 e. The predicted octanol–water partition coefficient (Wildman–Crippen LogP) is 4.46. The molecule has 6 rings (SSSR count). The molecule has 5 nitrogen and oxygen atoms in total. The maximum absolute atomic E-state index is 13.0. The van der Waals surface area contributed by atoms with E-state index in [9.17, 15) is 22.8 Å². The van der Waals surface area contributed by atoms with E-state index in [0.29, 0.717) is 43.2 Å². The van der Waals surface area contributed by atoms with Crippen LogP contribution in [-0.4, -0.2) is 64.8 Å². The molecule has 0 atom stereocenters. The summed E-state index contributed by atoms with van der Waals surface area (Å²) in [7, 11) is 0. The Hall–Kier alpha value is -3.65. The Morgan fingerprint density at radius 1 is 0.838 bits per heavy atom. The highest BCUT2D eigenvalue weighted by molar-refractivity contribution is 5.98. The summed E-state index contributed by atoms with van der Waals surface area (Å²) in [5, 5.41) is 0. The number of nitrogens with zero attached hydrogens (tertiary/aromatic N) is 3. The van der Waals surface area contributed by atoms with E-state index in [0.717, 1.165) is 41.9 Å². The van der Waals surface area contributed by atoms with E-state index < -0.39 is 11.7 Å². The Balaban J connectivity index is 0.989. The minimum absolute atomic E-state index is 0.0379. The second-order valence-electron chi connectivity index (χ2n) is 10.1. The Labute approximate surface area is 213 Å². The Morgan fingerprint density at radius 2 is 1.57 bits per heavy atom. The first-order valence-electron chi connectivity index (χ1n) is 12.4. The van der Waals surface area contributed by atoms with Crippen molar-refractivity contribution in [2.45, 2.75) is 31.2 Å². The SMILES string of the molecule is O=C(c1ccc(Cc2cccc(C(F)(F)F)c2)cc1)N1CC(N2CC(N3Cc4ccccc4C3=O)C2)C1. The van der Waals surface area contributed by atoms with E-state index in [2.05, 4.69) is 4.90 Å². The van der Waals surface area contributed by atoms with Crippen LogP contribution in [0.25, 0.3) is 0 Å².